The fourth-order valence-corrected chi connectivity index (χ4v) is 2.32. The van der Waals surface area contributed by atoms with Crippen LogP contribution in [0.4, 0.5) is 0 Å². The summed E-state index contributed by atoms with van der Waals surface area (Å²) in [7, 11) is 1.28. The van der Waals surface area contributed by atoms with Crippen LogP contribution in [0.25, 0.3) is 11.1 Å². The van der Waals surface area contributed by atoms with Gasteiger partial charge in [-0.1, -0.05) is 32.4 Å². The van der Waals surface area contributed by atoms with Gasteiger partial charge in [-0.3, -0.25) is 9.36 Å². The molecule has 1 aromatic carbocycles. The quantitative estimate of drug-likeness (QED) is 0.810. The van der Waals surface area contributed by atoms with Crippen LogP contribution in [0.3, 0.4) is 0 Å². The minimum Gasteiger partial charge on any atom is -0.467 e. The molecule has 0 bridgehead atoms. The predicted molar refractivity (Wildman–Crippen MR) is 83.9 cm³/mol. The van der Waals surface area contributed by atoms with Crippen molar-refractivity contribution in [2.75, 3.05) is 7.11 Å². The number of nitrogens with zero attached hydrogens (tertiary/aromatic N) is 1. The molecule has 2 rings (SSSR count). The van der Waals surface area contributed by atoms with Crippen LogP contribution >= 0.6 is 0 Å². The van der Waals surface area contributed by atoms with E-state index in [1.54, 1.807) is 24.3 Å². The summed E-state index contributed by atoms with van der Waals surface area (Å²) in [5.41, 5.74) is 0.947. The van der Waals surface area contributed by atoms with E-state index in [0.29, 0.717) is 17.5 Å². The van der Waals surface area contributed by atoms with E-state index in [9.17, 15) is 14.4 Å². The van der Waals surface area contributed by atoms with Crippen molar-refractivity contribution in [2.24, 2.45) is 5.92 Å². The van der Waals surface area contributed by atoms with Crippen molar-refractivity contribution in [2.45, 2.75) is 32.9 Å². The average Bonchev–Trinajstić information content (AvgIpc) is 2.87. The van der Waals surface area contributed by atoms with Gasteiger partial charge in [0.2, 0.25) is 5.91 Å². The number of amides is 1. The molecule has 0 saturated carbocycles. The minimum atomic E-state index is -0.744. The Balaban J connectivity index is 2.18. The molecule has 1 aromatic heterocycles. The van der Waals surface area contributed by atoms with Crippen molar-refractivity contribution in [1.29, 1.82) is 0 Å². The molecule has 1 heterocycles. The van der Waals surface area contributed by atoms with E-state index >= 15 is 0 Å². The Hall–Kier alpha value is -2.57. The maximum absolute atomic E-state index is 12.2. The first-order valence-corrected chi connectivity index (χ1v) is 7.43. The van der Waals surface area contributed by atoms with E-state index in [1.165, 1.54) is 11.7 Å². The normalized spacial score (nSPS) is 13.5. The highest BCUT2D eigenvalue weighted by molar-refractivity contribution is 5.85. The SMILES string of the molecule is CC[C@@H](C)[C@@H](NC(=O)Cn1c(=O)oc2ccccc21)C(=O)OC. The number of benzene rings is 1. The van der Waals surface area contributed by atoms with Gasteiger partial charge in [-0.15, -0.1) is 0 Å². The minimum absolute atomic E-state index is 0.0794. The molecule has 0 saturated heterocycles. The van der Waals surface area contributed by atoms with Gasteiger partial charge in [-0.05, 0) is 18.1 Å². The lowest BCUT2D eigenvalue weighted by atomic mass is 9.99. The number of fused-ring (bicyclic) bond motifs is 1. The molecular weight excluding hydrogens is 300 g/mol. The molecule has 1 amide bonds. The molecule has 7 heteroatoms. The Kier molecular flexibility index (Phi) is 5.20. The second-order valence-corrected chi connectivity index (χ2v) is 5.38. The number of aromatic nitrogens is 1. The molecule has 23 heavy (non-hydrogen) atoms. The zero-order valence-corrected chi connectivity index (χ0v) is 13.4. The van der Waals surface area contributed by atoms with Crippen molar-refractivity contribution in [3.8, 4) is 0 Å². The summed E-state index contributed by atoms with van der Waals surface area (Å²) in [6, 6.07) is 6.10. The van der Waals surface area contributed by atoms with E-state index in [2.05, 4.69) is 5.32 Å². The van der Waals surface area contributed by atoms with E-state index in [0.717, 1.165) is 0 Å². The second-order valence-electron chi connectivity index (χ2n) is 5.38. The first-order chi connectivity index (χ1) is 11.0. The van der Waals surface area contributed by atoms with Gasteiger partial charge in [0.05, 0.1) is 12.6 Å². The zero-order valence-electron chi connectivity index (χ0n) is 13.4. The fourth-order valence-electron chi connectivity index (χ4n) is 2.32. The van der Waals surface area contributed by atoms with E-state index < -0.39 is 23.7 Å². The van der Waals surface area contributed by atoms with Crippen LogP contribution in [0.1, 0.15) is 20.3 Å². The molecule has 7 nitrogen and oxygen atoms in total. The highest BCUT2D eigenvalue weighted by Crippen LogP contribution is 2.12. The highest BCUT2D eigenvalue weighted by Gasteiger charge is 2.27. The Morgan fingerprint density at radius 1 is 1.35 bits per heavy atom. The van der Waals surface area contributed by atoms with Gasteiger partial charge in [0.15, 0.2) is 5.58 Å². The average molecular weight is 320 g/mol. The number of rotatable bonds is 6. The third-order valence-electron chi connectivity index (χ3n) is 3.86. The highest BCUT2D eigenvalue weighted by atomic mass is 16.5. The van der Waals surface area contributed by atoms with Crippen molar-refractivity contribution in [3.05, 3.63) is 34.8 Å². The zero-order chi connectivity index (χ0) is 17.0. The Bertz CT molecular complexity index is 761. The maximum atomic E-state index is 12.2. The summed E-state index contributed by atoms with van der Waals surface area (Å²) in [5, 5.41) is 2.63. The third-order valence-corrected chi connectivity index (χ3v) is 3.86. The number of nitrogens with one attached hydrogen (secondary N) is 1. The number of oxazole rings is 1. The number of hydrogen-bond donors (Lipinski definition) is 1. The van der Waals surface area contributed by atoms with Crippen LogP contribution in [-0.2, 0) is 20.9 Å². The van der Waals surface area contributed by atoms with E-state index in [-0.39, 0.29) is 12.5 Å². The lowest BCUT2D eigenvalue weighted by Crippen LogP contribution is -2.47. The number of methoxy groups -OCH3 is 1. The van der Waals surface area contributed by atoms with Gasteiger partial charge in [-0.2, -0.15) is 0 Å². The largest absolute Gasteiger partial charge is 0.467 e. The molecule has 124 valence electrons. The lowest BCUT2D eigenvalue weighted by molar-refractivity contribution is -0.146. The number of hydrogen-bond acceptors (Lipinski definition) is 5. The first-order valence-electron chi connectivity index (χ1n) is 7.43. The molecule has 2 atom stereocenters. The second kappa shape index (κ2) is 7.13. The van der Waals surface area contributed by atoms with Crippen LogP contribution in [0.2, 0.25) is 0 Å². The molecule has 1 N–H and O–H groups in total. The smallest absolute Gasteiger partial charge is 0.420 e. The third kappa shape index (κ3) is 3.61. The predicted octanol–water partition coefficient (Wildman–Crippen LogP) is 1.30. The summed E-state index contributed by atoms with van der Waals surface area (Å²) in [5.74, 6) is -1.64. The van der Waals surface area contributed by atoms with E-state index in [1.807, 2.05) is 13.8 Å². The van der Waals surface area contributed by atoms with Crippen molar-refractivity contribution in [1.82, 2.24) is 9.88 Å². The van der Waals surface area contributed by atoms with Gasteiger partial charge in [-0.25, -0.2) is 9.59 Å². The van der Waals surface area contributed by atoms with Crippen LogP contribution in [0, 0.1) is 5.92 Å². The van der Waals surface area contributed by atoms with Crippen LogP contribution in [0.15, 0.2) is 33.5 Å². The summed E-state index contributed by atoms with van der Waals surface area (Å²) in [6.07, 6.45) is 0.703. The van der Waals surface area contributed by atoms with E-state index in [4.69, 9.17) is 9.15 Å². The molecule has 0 fully saturated rings. The summed E-state index contributed by atoms with van der Waals surface area (Å²) >= 11 is 0. The van der Waals surface area contributed by atoms with Gasteiger partial charge < -0.3 is 14.5 Å². The molecule has 0 aliphatic rings. The monoisotopic (exact) mass is 320 g/mol. The van der Waals surface area contributed by atoms with Gasteiger partial charge in [0.1, 0.15) is 12.6 Å². The Morgan fingerprint density at radius 3 is 2.70 bits per heavy atom. The molecule has 0 spiro atoms. The maximum Gasteiger partial charge on any atom is 0.420 e. The standard InChI is InChI=1S/C16H20N2O5/c1-4-10(2)14(15(20)22-3)17-13(19)9-18-11-7-5-6-8-12(11)23-16(18)21/h5-8,10,14H,4,9H2,1-3H3,(H,17,19)/t10-,14-/m1/s1. The van der Waals surface area contributed by atoms with Crippen molar-refractivity contribution in [3.63, 3.8) is 0 Å². The molecule has 0 aliphatic carbocycles. The summed E-state index contributed by atoms with van der Waals surface area (Å²) < 4.78 is 11.0. The van der Waals surface area contributed by atoms with Crippen molar-refractivity contribution >= 4 is 23.0 Å². The fraction of sp³-hybridized carbons (Fsp3) is 0.438. The Morgan fingerprint density at radius 2 is 2.04 bits per heavy atom. The molecule has 0 radical (unpaired) electrons. The molecule has 0 unspecified atom stereocenters. The van der Waals surface area contributed by atoms with Crippen LogP contribution < -0.4 is 11.1 Å². The summed E-state index contributed by atoms with van der Waals surface area (Å²) in [4.78, 5) is 35.9. The lowest BCUT2D eigenvalue weighted by Gasteiger charge is -2.21. The van der Waals surface area contributed by atoms with Gasteiger partial charge in [0, 0.05) is 0 Å². The number of carbonyl (C=O) groups excluding carboxylic acids is 2. The number of para-hydroxylation sites is 2. The number of esters is 1. The molecular formula is C16H20N2O5. The number of carbonyl (C=O) groups is 2. The molecule has 0 aliphatic heterocycles. The summed E-state index contributed by atoms with van der Waals surface area (Å²) in [6.45, 7) is 3.54. The van der Waals surface area contributed by atoms with Crippen molar-refractivity contribution < 1.29 is 18.7 Å². The van der Waals surface area contributed by atoms with Gasteiger partial charge in [0.25, 0.3) is 0 Å². The van der Waals surface area contributed by atoms with Crippen LogP contribution in [-0.4, -0.2) is 29.6 Å². The topological polar surface area (TPSA) is 90.5 Å². The van der Waals surface area contributed by atoms with Gasteiger partial charge >= 0.3 is 11.7 Å². The number of ether oxygens (including phenoxy) is 1. The molecule has 2 aromatic rings. The Labute approximate surface area is 133 Å². The van der Waals surface area contributed by atoms with Crippen LogP contribution in [0.5, 0.6) is 0 Å². The first kappa shape index (κ1) is 16.8.